The molecule has 3 heteroatoms. The van der Waals surface area contributed by atoms with Crippen molar-refractivity contribution in [3.8, 4) is 17.2 Å². The Morgan fingerprint density at radius 3 is 2.65 bits per heavy atom. The van der Waals surface area contributed by atoms with Gasteiger partial charge in [0.15, 0.2) is 0 Å². The highest BCUT2D eigenvalue weighted by Gasteiger charge is 2.11. The molecule has 3 aromatic rings. The van der Waals surface area contributed by atoms with Gasteiger partial charge in [-0.25, -0.2) is 0 Å². The van der Waals surface area contributed by atoms with Crippen molar-refractivity contribution in [1.29, 1.82) is 5.26 Å². The van der Waals surface area contributed by atoms with E-state index in [9.17, 15) is 5.26 Å². The first-order chi connectivity index (χ1) is 11.3. The van der Waals surface area contributed by atoms with E-state index in [1.807, 2.05) is 54.5 Å². The van der Waals surface area contributed by atoms with Crippen LogP contribution >= 0.6 is 11.8 Å². The molecule has 2 nitrogen and oxygen atoms in total. The first-order valence-corrected chi connectivity index (χ1v) is 8.82. The number of nitrogens with zero attached hydrogens (tertiary/aromatic N) is 2. The van der Waals surface area contributed by atoms with Crippen LogP contribution in [0.4, 0.5) is 0 Å². The molecule has 3 rings (SSSR count). The molecule has 0 fully saturated rings. The predicted octanol–water partition coefficient (Wildman–Crippen LogP) is 5.67. The van der Waals surface area contributed by atoms with Gasteiger partial charge in [-0.05, 0) is 35.3 Å². The molecule has 0 saturated carbocycles. The number of unbranched alkanes of at least 4 members (excludes halogenated alkanes) is 1. The maximum absolute atomic E-state index is 9.33. The standard InChI is InChI=1S/C20H18N2S/c1-2-3-12-23-20-10-11-22-14-19(20)18-9-8-15(13-21)16-6-4-5-7-17(16)18/h4-11,14H,2-3,12H2,1H3. The highest BCUT2D eigenvalue weighted by molar-refractivity contribution is 7.99. The van der Waals surface area contributed by atoms with E-state index in [1.165, 1.54) is 17.7 Å². The SMILES string of the molecule is CCCCSc1ccncc1-c1ccc(C#N)c2ccccc12. The molecule has 0 spiro atoms. The van der Waals surface area contributed by atoms with Crippen LogP contribution < -0.4 is 0 Å². The van der Waals surface area contributed by atoms with Crippen LogP contribution in [0.25, 0.3) is 21.9 Å². The first-order valence-electron chi connectivity index (χ1n) is 7.84. The van der Waals surface area contributed by atoms with Gasteiger partial charge in [-0.15, -0.1) is 11.8 Å². The summed E-state index contributed by atoms with van der Waals surface area (Å²) in [5.74, 6) is 1.11. The number of pyridine rings is 1. The molecule has 0 amide bonds. The van der Waals surface area contributed by atoms with Crippen molar-refractivity contribution in [3.63, 3.8) is 0 Å². The largest absolute Gasteiger partial charge is 0.264 e. The minimum atomic E-state index is 0.716. The minimum absolute atomic E-state index is 0.716. The summed E-state index contributed by atoms with van der Waals surface area (Å²) >= 11 is 1.88. The molecule has 1 aromatic heterocycles. The summed E-state index contributed by atoms with van der Waals surface area (Å²) < 4.78 is 0. The van der Waals surface area contributed by atoms with Crippen LogP contribution in [0.1, 0.15) is 25.3 Å². The monoisotopic (exact) mass is 318 g/mol. The zero-order chi connectivity index (χ0) is 16.1. The molecular weight excluding hydrogens is 300 g/mol. The van der Waals surface area contributed by atoms with E-state index >= 15 is 0 Å². The number of hydrogen-bond donors (Lipinski definition) is 0. The van der Waals surface area contributed by atoms with Crippen LogP contribution in [0, 0.1) is 11.3 Å². The third-order valence-electron chi connectivity index (χ3n) is 3.87. The van der Waals surface area contributed by atoms with Gasteiger partial charge in [0.05, 0.1) is 11.6 Å². The zero-order valence-corrected chi connectivity index (χ0v) is 13.9. The van der Waals surface area contributed by atoms with Gasteiger partial charge in [-0.1, -0.05) is 43.7 Å². The molecule has 1 heterocycles. The van der Waals surface area contributed by atoms with Gasteiger partial charge < -0.3 is 0 Å². The Hall–Kier alpha value is -2.31. The van der Waals surface area contributed by atoms with Gasteiger partial charge in [0.25, 0.3) is 0 Å². The lowest BCUT2D eigenvalue weighted by atomic mass is 9.96. The second kappa shape index (κ2) is 7.30. The maximum Gasteiger partial charge on any atom is 0.0998 e. The number of fused-ring (bicyclic) bond motifs is 1. The summed E-state index contributed by atoms with van der Waals surface area (Å²) in [6.07, 6.45) is 6.19. The molecule has 0 aliphatic heterocycles. The summed E-state index contributed by atoms with van der Waals surface area (Å²) in [6, 6.07) is 16.4. The lowest BCUT2D eigenvalue weighted by molar-refractivity contribution is 0.896. The molecular formula is C20H18N2S. The molecule has 0 saturated heterocycles. The van der Waals surface area contributed by atoms with E-state index in [4.69, 9.17) is 0 Å². The molecule has 0 radical (unpaired) electrons. The van der Waals surface area contributed by atoms with Gasteiger partial charge in [0, 0.05) is 28.2 Å². The maximum atomic E-state index is 9.33. The Labute approximate surface area is 141 Å². The van der Waals surface area contributed by atoms with Gasteiger partial charge in [0.2, 0.25) is 0 Å². The van der Waals surface area contributed by atoms with E-state index in [-0.39, 0.29) is 0 Å². The Kier molecular flexibility index (Phi) is 4.95. The molecule has 2 aromatic carbocycles. The van der Waals surface area contributed by atoms with Crippen LogP contribution in [0.5, 0.6) is 0 Å². The highest BCUT2D eigenvalue weighted by atomic mass is 32.2. The summed E-state index contributed by atoms with van der Waals surface area (Å²) in [6.45, 7) is 2.21. The fourth-order valence-electron chi connectivity index (χ4n) is 2.67. The fraction of sp³-hybridized carbons (Fsp3) is 0.200. The van der Waals surface area contributed by atoms with E-state index in [0.29, 0.717) is 5.56 Å². The molecule has 114 valence electrons. The van der Waals surface area contributed by atoms with Crippen LogP contribution in [0.2, 0.25) is 0 Å². The number of benzene rings is 2. The number of aromatic nitrogens is 1. The van der Waals surface area contributed by atoms with Crippen molar-refractivity contribution in [1.82, 2.24) is 4.98 Å². The third-order valence-corrected chi connectivity index (χ3v) is 5.03. The quantitative estimate of drug-likeness (QED) is 0.449. The summed E-state index contributed by atoms with van der Waals surface area (Å²) in [4.78, 5) is 5.57. The van der Waals surface area contributed by atoms with Gasteiger partial charge in [-0.3, -0.25) is 4.98 Å². The second-order valence-electron chi connectivity index (χ2n) is 5.39. The Bertz CT molecular complexity index is 865. The average molecular weight is 318 g/mol. The topological polar surface area (TPSA) is 36.7 Å². The number of nitriles is 1. The Balaban J connectivity index is 2.13. The van der Waals surface area contributed by atoms with E-state index in [2.05, 4.69) is 30.1 Å². The van der Waals surface area contributed by atoms with Gasteiger partial charge >= 0.3 is 0 Å². The van der Waals surface area contributed by atoms with Crippen LogP contribution in [0.3, 0.4) is 0 Å². The Morgan fingerprint density at radius 1 is 1.04 bits per heavy atom. The fourth-order valence-corrected chi connectivity index (χ4v) is 3.80. The predicted molar refractivity (Wildman–Crippen MR) is 97.5 cm³/mol. The number of hydrogen-bond acceptors (Lipinski definition) is 3. The smallest absolute Gasteiger partial charge is 0.0998 e. The molecule has 23 heavy (non-hydrogen) atoms. The van der Waals surface area contributed by atoms with E-state index < -0.39 is 0 Å². The van der Waals surface area contributed by atoms with Crippen LogP contribution in [-0.4, -0.2) is 10.7 Å². The molecule has 0 N–H and O–H groups in total. The Morgan fingerprint density at radius 2 is 1.87 bits per heavy atom. The zero-order valence-electron chi connectivity index (χ0n) is 13.1. The molecule has 0 unspecified atom stereocenters. The average Bonchev–Trinajstić information content (AvgIpc) is 2.61. The first kappa shape index (κ1) is 15.6. The normalized spacial score (nSPS) is 10.6. The van der Waals surface area contributed by atoms with Crippen LogP contribution in [0.15, 0.2) is 59.8 Å². The van der Waals surface area contributed by atoms with Crippen molar-refractivity contribution in [3.05, 3.63) is 60.4 Å². The lowest BCUT2D eigenvalue weighted by Gasteiger charge is -2.12. The van der Waals surface area contributed by atoms with Gasteiger partial charge in [-0.2, -0.15) is 5.26 Å². The second-order valence-corrected chi connectivity index (χ2v) is 6.53. The number of rotatable bonds is 5. The van der Waals surface area contributed by atoms with Gasteiger partial charge in [0.1, 0.15) is 0 Å². The van der Waals surface area contributed by atoms with E-state index in [0.717, 1.165) is 27.7 Å². The van der Waals surface area contributed by atoms with Crippen molar-refractivity contribution >= 4 is 22.5 Å². The van der Waals surface area contributed by atoms with Crippen molar-refractivity contribution in [2.24, 2.45) is 0 Å². The molecule has 0 aliphatic carbocycles. The summed E-state index contributed by atoms with van der Waals surface area (Å²) in [5, 5.41) is 11.4. The third kappa shape index (κ3) is 3.23. The summed E-state index contributed by atoms with van der Waals surface area (Å²) in [5.41, 5.74) is 3.01. The highest BCUT2D eigenvalue weighted by Crippen LogP contribution is 2.36. The lowest BCUT2D eigenvalue weighted by Crippen LogP contribution is -1.89. The molecule has 0 bridgehead atoms. The minimum Gasteiger partial charge on any atom is -0.264 e. The summed E-state index contributed by atoms with van der Waals surface area (Å²) in [7, 11) is 0. The molecule has 0 atom stereocenters. The molecule has 0 aliphatic rings. The van der Waals surface area contributed by atoms with E-state index in [1.54, 1.807) is 0 Å². The number of thioether (sulfide) groups is 1. The van der Waals surface area contributed by atoms with Crippen molar-refractivity contribution in [2.45, 2.75) is 24.7 Å². The van der Waals surface area contributed by atoms with Crippen molar-refractivity contribution in [2.75, 3.05) is 5.75 Å². The van der Waals surface area contributed by atoms with Crippen LogP contribution in [-0.2, 0) is 0 Å². The van der Waals surface area contributed by atoms with Crippen molar-refractivity contribution < 1.29 is 0 Å².